The van der Waals surface area contributed by atoms with Crippen molar-refractivity contribution >= 4 is 11.6 Å². The lowest BCUT2D eigenvalue weighted by molar-refractivity contribution is 0.0946. The number of ether oxygens (including phenoxy) is 1. The maximum atomic E-state index is 13.3. The Hall–Kier alpha value is -3.54. The highest BCUT2D eigenvalue weighted by Crippen LogP contribution is 2.40. The molecule has 6 nitrogen and oxygen atoms in total. The highest BCUT2D eigenvalue weighted by molar-refractivity contribution is 6.01. The van der Waals surface area contributed by atoms with Crippen LogP contribution in [0, 0.1) is 13.8 Å². The topological polar surface area (TPSA) is 74.4 Å². The Morgan fingerprint density at radius 2 is 1.88 bits per heavy atom. The summed E-state index contributed by atoms with van der Waals surface area (Å²) in [6, 6.07) is 16.1. The van der Waals surface area contributed by atoms with Crippen molar-refractivity contribution in [3.05, 3.63) is 81.3 Å². The minimum atomic E-state index is -0.260. The Morgan fingerprint density at radius 1 is 1.12 bits per heavy atom. The Morgan fingerprint density at radius 3 is 2.56 bits per heavy atom. The molecule has 1 aliphatic heterocycles. The van der Waals surface area contributed by atoms with Crippen molar-refractivity contribution in [3.8, 4) is 16.9 Å². The van der Waals surface area contributed by atoms with Crippen molar-refractivity contribution in [2.45, 2.75) is 40.3 Å². The van der Waals surface area contributed by atoms with E-state index in [4.69, 9.17) is 4.74 Å². The predicted octanol–water partition coefficient (Wildman–Crippen LogP) is 4.20. The van der Waals surface area contributed by atoms with Crippen LogP contribution in [0.4, 0.5) is 5.69 Å². The summed E-state index contributed by atoms with van der Waals surface area (Å²) in [6.45, 7) is 9.43. The number of H-pyrrole nitrogens is 1. The second kappa shape index (κ2) is 8.91. The van der Waals surface area contributed by atoms with Gasteiger partial charge in [0.15, 0.2) is 5.75 Å². The number of aromatic nitrogens is 1. The van der Waals surface area contributed by atoms with Crippen LogP contribution in [0.1, 0.15) is 41.0 Å². The third-order valence-electron chi connectivity index (χ3n) is 5.85. The van der Waals surface area contributed by atoms with E-state index in [0.717, 1.165) is 34.6 Å². The van der Waals surface area contributed by atoms with Crippen LogP contribution in [0.3, 0.4) is 0 Å². The summed E-state index contributed by atoms with van der Waals surface area (Å²) in [7, 11) is 0. The number of carbonyl (C=O) groups excluding carboxylic acids is 1. The average molecular weight is 432 g/mol. The number of aromatic amines is 1. The standard InChI is InChI=1S/C26H29N3O3/c1-16(2)29-10-11-32-24-21(13-20(14-23(24)29)19-8-6-5-7-9-19)25(30)27-15-22-17(3)12-18(4)28-26(22)31/h5-9,12-14,16H,10-11,15H2,1-4H3,(H,27,30)(H,28,31). The summed E-state index contributed by atoms with van der Waals surface area (Å²) in [6.07, 6.45) is 0. The number of hydrogen-bond donors (Lipinski definition) is 2. The maximum absolute atomic E-state index is 13.3. The fourth-order valence-electron chi connectivity index (χ4n) is 4.21. The number of anilines is 1. The Balaban J connectivity index is 1.73. The van der Waals surface area contributed by atoms with E-state index in [-0.39, 0.29) is 24.1 Å². The highest BCUT2D eigenvalue weighted by atomic mass is 16.5. The molecule has 0 fully saturated rings. The summed E-state index contributed by atoms with van der Waals surface area (Å²) in [5, 5.41) is 2.93. The van der Waals surface area contributed by atoms with E-state index in [9.17, 15) is 9.59 Å². The smallest absolute Gasteiger partial charge is 0.255 e. The SMILES string of the molecule is Cc1cc(C)c(CNC(=O)c2cc(-c3ccccc3)cc3c2OCCN3C(C)C)c(=O)[nH]1. The van der Waals surface area contributed by atoms with Crippen molar-refractivity contribution in [2.24, 2.45) is 0 Å². The van der Waals surface area contributed by atoms with E-state index in [1.165, 1.54) is 0 Å². The van der Waals surface area contributed by atoms with Gasteiger partial charge < -0.3 is 19.9 Å². The second-order valence-corrected chi connectivity index (χ2v) is 8.50. The van der Waals surface area contributed by atoms with Crippen LogP contribution in [0.2, 0.25) is 0 Å². The van der Waals surface area contributed by atoms with Gasteiger partial charge in [-0.1, -0.05) is 30.3 Å². The molecule has 1 aliphatic rings. The molecule has 3 aromatic rings. The van der Waals surface area contributed by atoms with Gasteiger partial charge in [0.1, 0.15) is 6.61 Å². The van der Waals surface area contributed by atoms with Crippen LogP contribution in [0.5, 0.6) is 5.75 Å². The number of amides is 1. The van der Waals surface area contributed by atoms with Crippen LogP contribution >= 0.6 is 0 Å². The molecule has 2 aromatic carbocycles. The first-order valence-electron chi connectivity index (χ1n) is 11.0. The van der Waals surface area contributed by atoms with Gasteiger partial charge in [0.2, 0.25) is 0 Å². The van der Waals surface area contributed by atoms with Crippen molar-refractivity contribution in [1.82, 2.24) is 10.3 Å². The average Bonchev–Trinajstić information content (AvgIpc) is 2.77. The zero-order valence-corrected chi connectivity index (χ0v) is 19.0. The molecule has 0 bridgehead atoms. The van der Waals surface area contributed by atoms with Crippen LogP contribution in [0.15, 0.2) is 53.3 Å². The summed E-state index contributed by atoms with van der Waals surface area (Å²) in [4.78, 5) is 30.7. The molecule has 2 heterocycles. The number of aryl methyl sites for hydroxylation is 2. The fourth-order valence-corrected chi connectivity index (χ4v) is 4.21. The van der Waals surface area contributed by atoms with Crippen LogP contribution < -0.4 is 20.5 Å². The van der Waals surface area contributed by atoms with Gasteiger partial charge in [0.05, 0.1) is 17.8 Å². The van der Waals surface area contributed by atoms with Gasteiger partial charge in [0, 0.05) is 23.8 Å². The lowest BCUT2D eigenvalue weighted by Gasteiger charge is -2.35. The maximum Gasteiger partial charge on any atom is 0.255 e. The summed E-state index contributed by atoms with van der Waals surface area (Å²) < 4.78 is 5.99. The molecule has 1 amide bonds. The summed E-state index contributed by atoms with van der Waals surface area (Å²) in [5.41, 5.74) is 5.42. The number of nitrogens with zero attached hydrogens (tertiary/aromatic N) is 1. The Kier molecular flexibility index (Phi) is 6.04. The van der Waals surface area contributed by atoms with Gasteiger partial charge in [-0.2, -0.15) is 0 Å². The van der Waals surface area contributed by atoms with Crippen LogP contribution in [-0.2, 0) is 6.54 Å². The number of fused-ring (bicyclic) bond motifs is 1. The molecular weight excluding hydrogens is 402 g/mol. The number of nitrogens with one attached hydrogen (secondary N) is 2. The molecule has 0 unspecified atom stereocenters. The molecule has 0 spiro atoms. The monoisotopic (exact) mass is 431 g/mol. The minimum absolute atomic E-state index is 0.151. The van der Waals surface area contributed by atoms with Crippen molar-refractivity contribution < 1.29 is 9.53 Å². The first-order valence-corrected chi connectivity index (χ1v) is 11.0. The van der Waals surface area contributed by atoms with Gasteiger partial charge in [-0.15, -0.1) is 0 Å². The molecule has 32 heavy (non-hydrogen) atoms. The fraction of sp³-hybridized carbons (Fsp3) is 0.308. The third kappa shape index (κ3) is 4.26. The zero-order valence-electron chi connectivity index (χ0n) is 19.0. The molecule has 6 heteroatoms. The first kappa shape index (κ1) is 21.7. The molecule has 2 N–H and O–H groups in total. The third-order valence-corrected chi connectivity index (χ3v) is 5.85. The van der Waals surface area contributed by atoms with Crippen molar-refractivity contribution in [3.63, 3.8) is 0 Å². The number of pyridine rings is 1. The molecular formula is C26H29N3O3. The van der Waals surface area contributed by atoms with Crippen molar-refractivity contribution in [1.29, 1.82) is 0 Å². The zero-order chi connectivity index (χ0) is 22.8. The molecule has 4 rings (SSSR count). The summed E-state index contributed by atoms with van der Waals surface area (Å²) >= 11 is 0. The Bertz CT molecular complexity index is 1200. The van der Waals surface area contributed by atoms with E-state index in [1.807, 2.05) is 56.3 Å². The quantitative estimate of drug-likeness (QED) is 0.635. The lowest BCUT2D eigenvalue weighted by atomic mass is 9.99. The van der Waals surface area contributed by atoms with Gasteiger partial charge in [-0.3, -0.25) is 9.59 Å². The first-order chi connectivity index (χ1) is 15.3. The highest BCUT2D eigenvalue weighted by Gasteiger charge is 2.27. The van der Waals surface area contributed by atoms with E-state index in [0.29, 0.717) is 23.5 Å². The van der Waals surface area contributed by atoms with Gasteiger partial charge in [-0.25, -0.2) is 0 Å². The number of benzene rings is 2. The largest absolute Gasteiger partial charge is 0.489 e. The normalized spacial score (nSPS) is 13.0. The van der Waals surface area contributed by atoms with Gasteiger partial charge in [0.25, 0.3) is 11.5 Å². The van der Waals surface area contributed by atoms with E-state index < -0.39 is 0 Å². The molecule has 0 radical (unpaired) electrons. The Labute approximate surface area is 188 Å². The van der Waals surface area contributed by atoms with Gasteiger partial charge >= 0.3 is 0 Å². The van der Waals surface area contributed by atoms with Crippen molar-refractivity contribution in [2.75, 3.05) is 18.1 Å². The van der Waals surface area contributed by atoms with E-state index in [1.54, 1.807) is 0 Å². The molecule has 0 saturated carbocycles. The minimum Gasteiger partial charge on any atom is -0.489 e. The van der Waals surface area contributed by atoms with E-state index in [2.05, 4.69) is 35.1 Å². The number of carbonyl (C=O) groups is 1. The predicted molar refractivity (Wildman–Crippen MR) is 128 cm³/mol. The van der Waals surface area contributed by atoms with Gasteiger partial charge in [-0.05, 0) is 62.6 Å². The van der Waals surface area contributed by atoms with Crippen LogP contribution in [0.25, 0.3) is 11.1 Å². The lowest BCUT2D eigenvalue weighted by Crippen LogP contribution is -2.39. The second-order valence-electron chi connectivity index (χ2n) is 8.50. The molecule has 166 valence electrons. The number of rotatable bonds is 5. The van der Waals surface area contributed by atoms with E-state index >= 15 is 0 Å². The molecule has 1 aromatic heterocycles. The number of hydrogen-bond acceptors (Lipinski definition) is 4. The summed E-state index contributed by atoms with van der Waals surface area (Å²) in [5.74, 6) is 0.334. The molecule has 0 atom stereocenters. The molecule has 0 aliphatic carbocycles. The molecule has 0 saturated heterocycles. The van der Waals surface area contributed by atoms with Crippen LogP contribution in [-0.4, -0.2) is 30.1 Å².